The van der Waals surface area contributed by atoms with Crippen LogP contribution < -0.4 is 4.72 Å². The van der Waals surface area contributed by atoms with Crippen molar-refractivity contribution in [3.05, 3.63) is 64.7 Å². The number of carbonyl (C=O) groups excluding carboxylic acids is 1. The summed E-state index contributed by atoms with van der Waals surface area (Å²) >= 11 is 0. The van der Waals surface area contributed by atoms with Crippen LogP contribution in [0.1, 0.15) is 22.3 Å². The first kappa shape index (κ1) is 25.2. The van der Waals surface area contributed by atoms with E-state index in [4.69, 9.17) is 5.26 Å². The third-order valence-electron chi connectivity index (χ3n) is 5.41. The van der Waals surface area contributed by atoms with E-state index in [0.29, 0.717) is 27.2 Å². The summed E-state index contributed by atoms with van der Waals surface area (Å²) in [6.45, 7) is -0.381. The number of carbonyl (C=O) groups is 2. The van der Waals surface area contributed by atoms with Gasteiger partial charge in [0.05, 0.1) is 16.5 Å². The van der Waals surface area contributed by atoms with Crippen LogP contribution in [0.2, 0.25) is 0 Å². The molecule has 0 bridgehead atoms. The molecule has 2 aromatic carbocycles. The summed E-state index contributed by atoms with van der Waals surface area (Å²) < 4.78 is 66.2. The molecule has 0 saturated carbocycles. The van der Waals surface area contributed by atoms with Gasteiger partial charge in [0.2, 0.25) is 10.0 Å². The van der Waals surface area contributed by atoms with E-state index in [2.05, 4.69) is 4.72 Å². The zero-order valence-corrected chi connectivity index (χ0v) is 18.5. The Bertz CT molecular complexity index is 1260. The van der Waals surface area contributed by atoms with Gasteiger partial charge in [0.15, 0.2) is 0 Å². The quantitative estimate of drug-likeness (QED) is 0.631. The zero-order valence-electron chi connectivity index (χ0n) is 17.7. The molecule has 0 saturated heterocycles. The van der Waals surface area contributed by atoms with E-state index in [1.807, 2.05) is 6.07 Å². The van der Waals surface area contributed by atoms with Gasteiger partial charge in [0.25, 0.3) is 0 Å². The molecule has 1 amide bonds. The largest absolute Gasteiger partial charge is 0.480 e. The number of hydrogen-bond donors (Lipinski definition) is 2. The maximum atomic E-state index is 12.9. The summed E-state index contributed by atoms with van der Waals surface area (Å²) in [5.41, 5.74) is 1.83. The molecule has 12 heteroatoms. The number of rotatable bonds is 6. The molecule has 0 aliphatic carbocycles. The summed E-state index contributed by atoms with van der Waals surface area (Å²) in [6.07, 6.45) is -5.06. The number of nitrogens with one attached hydrogen (secondary N) is 1. The lowest BCUT2D eigenvalue weighted by molar-refractivity contribution is -0.185. The Kier molecular flexibility index (Phi) is 7.28. The van der Waals surface area contributed by atoms with Gasteiger partial charge >= 0.3 is 18.1 Å². The first-order valence-electron chi connectivity index (χ1n) is 10.1. The predicted molar refractivity (Wildman–Crippen MR) is 113 cm³/mol. The number of alkyl halides is 3. The predicted octanol–water partition coefficient (Wildman–Crippen LogP) is 2.02. The molecule has 1 aliphatic rings. The number of carboxylic acids is 1. The van der Waals surface area contributed by atoms with Crippen LogP contribution in [0.4, 0.5) is 13.2 Å². The Morgan fingerprint density at radius 3 is 2.41 bits per heavy atom. The number of aliphatic carboxylic acids is 1. The minimum absolute atomic E-state index is 0.0177. The highest BCUT2D eigenvalue weighted by Crippen LogP contribution is 2.24. The van der Waals surface area contributed by atoms with Crippen LogP contribution in [-0.2, 0) is 38.9 Å². The summed E-state index contributed by atoms with van der Waals surface area (Å²) in [5, 5.41) is 18.5. The van der Waals surface area contributed by atoms with E-state index in [1.54, 1.807) is 12.1 Å². The van der Waals surface area contributed by atoms with E-state index in [-0.39, 0.29) is 37.2 Å². The molecule has 180 valence electrons. The number of halogens is 3. The Hall–Kier alpha value is -3.43. The highest BCUT2D eigenvalue weighted by atomic mass is 32.2. The average Bonchev–Trinajstić information content (AvgIpc) is 2.99. The lowest BCUT2D eigenvalue weighted by Gasteiger charge is -2.21. The van der Waals surface area contributed by atoms with Crippen molar-refractivity contribution in [3.63, 3.8) is 0 Å². The number of nitrogens with zero attached hydrogens (tertiary/aromatic N) is 2. The standard InChI is InChI=1S/C22H20F3N3O5S/c23-22(24,25)21(31)28-8-6-16-4-5-18(12-17(16)7-9-28)34(32,33)27-19(20(29)30)11-14-2-1-3-15(10-14)13-26/h1-5,10,12,19,27H,6-9,11H2,(H,29,30)/t19-/m0/s1. The topological polar surface area (TPSA) is 128 Å². The second-order valence-corrected chi connectivity index (χ2v) is 9.46. The number of sulfonamides is 1. The van der Waals surface area contributed by atoms with Gasteiger partial charge < -0.3 is 10.0 Å². The fourth-order valence-corrected chi connectivity index (χ4v) is 4.93. The first-order chi connectivity index (χ1) is 15.9. The number of amides is 1. The molecule has 8 nitrogen and oxygen atoms in total. The number of carboxylic acid groups (broad SMARTS) is 1. The molecule has 1 heterocycles. The van der Waals surface area contributed by atoms with Gasteiger partial charge in [0.1, 0.15) is 6.04 Å². The molecule has 2 N–H and O–H groups in total. The maximum Gasteiger partial charge on any atom is 0.471 e. The summed E-state index contributed by atoms with van der Waals surface area (Å²) in [4.78, 5) is 23.7. The molecule has 1 atom stereocenters. The van der Waals surface area contributed by atoms with Gasteiger partial charge in [-0.05, 0) is 60.2 Å². The Morgan fingerprint density at radius 1 is 1.12 bits per heavy atom. The van der Waals surface area contributed by atoms with Crippen molar-refractivity contribution in [2.75, 3.05) is 13.1 Å². The van der Waals surface area contributed by atoms with Crippen molar-refractivity contribution >= 4 is 21.9 Å². The highest BCUT2D eigenvalue weighted by Gasteiger charge is 2.42. The number of benzene rings is 2. The van der Waals surface area contributed by atoms with Crippen molar-refractivity contribution in [3.8, 4) is 6.07 Å². The van der Waals surface area contributed by atoms with Crippen LogP contribution in [-0.4, -0.2) is 55.6 Å². The highest BCUT2D eigenvalue weighted by molar-refractivity contribution is 7.89. The second kappa shape index (κ2) is 9.82. The molecule has 1 aliphatic heterocycles. The SMILES string of the molecule is N#Cc1cccc(C[C@H](NS(=O)(=O)c2ccc3c(c2)CCN(C(=O)C(F)(F)F)CC3)C(=O)O)c1. The minimum atomic E-state index is -4.99. The lowest BCUT2D eigenvalue weighted by Crippen LogP contribution is -2.42. The fourth-order valence-electron chi connectivity index (χ4n) is 3.69. The monoisotopic (exact) mass is 495 g/mol. The zero-order chi connectivity index (χ0) is 25.1. The molecule has 0 fully saturated rings. The molecule has 0 spiro atoms. The van der Waals surface area contributed by atoms with Crippen LogP contribution in [0.15, 0.2) is 47.4 Å². The van der Waals surface area contributed by atoms with Crippen LogP contribution in [0.25, 0.3) is 0 Å². The summed E-state index contributed by atoms with van der Waals surface area (Å²) in [7, 11) is -4.30. The Balaban J connectivity index is 1.79. The van der Waals surface area contributed by atoms with E-state index >= 15 is 0 Å². The van der Waals surface area contributed by atoms with E-state index in [9.17, 15) is 36.3 Å². The van der Waals surface area contributed by atoms with Gasteiger partial charge in [-0.2, -0.15) is 23.2 Å². The van der Waals surface area contributed by atoms with Crippen molar-refractivity contribution in [1.82, 2.24) is 9.62 Å². The van der Waals surface area contributed by atoms with E-state index in [1.165, 1.54) is 30.3 Å². The third kappa shape index (κ3) is 5.92. The van der Waals surface area contributed by atoms with Crippen molar-refractivity contribution < 1.29 is 36.3 Å². The summed E-state index contributed by atoms with van der Waals surface area (Å²) in [5.74, 6) is -3.36. The van der Waals surface area contributed by atoms with Crippen molar-refractivity contribution in [2.45, 2.75) is 36.4 Å². The van der Waals surface area contributed by atoms with Crippen LogP contribution in [0.5, 0.6) is 0 Å². The van der Waals surface area contributed by atoms with Gasteiger partial charge in [-0.25, -0.2) is 8.42 Å². The molecular formula is C22H20F3N3O5S. The molecule has 0 unspecified atom stereocenters. The second-order valence-electron chi connectivity index (χ2n) is 7.75. The van der Waals surface area contributed by atoms with Gasteiger partial charge in [-0.1, -0.05) is 18.2 Å². The molecule has 0 radical (unpaired) electrons. The lowest BCUT2D eigenvalue weighted by atomic mass is 10.0. The third-order valence-corrected chi connectivity index (χ3v) is 6.88. The number of nitriles is 1. The van der Waals surface area contributed by atoms with Crippen LogP contribution in [0, 0.1) is 11.3 Å². The molecule has 34 heavy (non-hydrogen) atoms. The smallest absolute Gasteiger partial charge is 0.471 e. The van der Waals surface area contributed by atoms with E-state index < -0.39 is 34.1 Å². The number of hydrogen-bond acceptors (Lipinski definition) is 5. The Morgan fingerprint density at radius 2 is 1.79 bits per heavy atom. The minimum Gasteiger partial charge on any atom is -0.480 e. The average molecular weight is 495 g/mol. The van der Waals surface area contributed by atoms with Gasteiger partial charge in [-0.3, -0.25) is 9.59 Å². The van der Waals surface area contributed by atoms with Crippen molar-refractivity contribution in [2.24, 2.45) is 0 Å². The normalized spacial score (nSPS) is 15.1. The molecule has 2 aromatic rings. The molecule has 3 rings (SSSR count). The van der Waals surface area contributed by atoms with E-state index in [0.717, 1.165) is 0 Å². The van der Waals surface area contributed by atoms with Gasteiger partial charge in [-0.15, -0.1) is 0 Å². The van der Waals surface area contributed by atoms with Crippen LogP contribution >= 0.6 is 0 Å². The van der Waals surface area contributed by atoms with Gasteiger partial charge in [0, 0.05) is 13.1 Å². The fraction of sp³-hybridized carbons (Fsp3) is 0.318. The molecule has 0 aromatic heterocycles. The van der Waals surface area contributed by atoms with Crippen molar-refractivity contribution in [1.29, 1.82) is 5.26 Å². The molecular weight excluding hydrogens is 475 g/mol. The first-order valence-corrected chi connectivity index (χ1v) is 11.6. The summed E-state index contributed by atoms with van der Waals surface area (Å²) in [6, 6.07) is 10.5. The maximum absolute atomic E-state index is 12.9. The van der Waals surface area contributed by atoms with Crippen LogP contribution in [0.3, 0.4) is 0 Å². The Labute approximate surface area is 193 Å². The number of fused-ring (bicyclic) bond motifs is 1.